The summed E-state index contributed by atoms with van der Waals surface area (Å²) in [6.07, 6.45) is 1.08. The number of rotatable bonds is 6. The minimum Gasteiger partial charge on any atom is -0.370 e. The molecule has 0 aliphatic heterocycles. The first-order valence-electron chi connectivity index (χ1n) is 6.37. The van der Waals surface area contributed by atoms with E-state index in [1.165, 1.54) is 0 Å². The fourth-order valence-corrected chi connectivity index (χ4v) is 1.40. The Kier molecular flexibility index (Phi) is 5.19. The van der Waals surface area contributed by atoms with Gasteiger partial charge in [0, 0.05) is 18.7 Å². The number of aryl methyl sites for hydroxylation is 1. The fraction of sp³-hybridized carbons (Fsp3) is 0.692. The summed E-state index contributed by atoms with van der Waals surface area (Å²) in [4.78, 5) is 8.76. The number of nitrogens with zero attached hydrogens (tertiary/aromatic N) is 2. The van der Waals surface area contributed by atoms with Crippen LogP contribution in [0.15, 0.2) is 6.07 Å². The Morgan fingerprint density at radius 1 is 1.18 bits per heavy atom. The molecule has 0 aliphatic carbocycles. The number of nitrogens with one attached hydrogen (secondary N) is 2. The summed E-state index contributed by atoms with van der Waals surface area (Å²) in [6, 6.07) is 2.41. The largest absolute Gasteiger partial charge is 0.370 e. The van der Waals surface area contributed by atoms with Crippen LogP contribution in [0.3, 0.4) is 0 Å². The molecular formula is C13H24N4. The van der Waals surface area contributed by atoms with Crippen molar-refractivity contribution < 1.29 is 0 Å². The topological polar surface area (TPSA) is 49.8 Å². The first kappa shape index (κ1) is 13.7. The molecule has 17 heavy (non-hydrogen) atoms. The molecule has 4 nitrogen and oxygen atoms in total. The van der Waals surface area contributed by atoms with Crippen LogP contribution in [0, 0.1) is 12.8 Å². The van der Waals surface area contributed by atoms with E-state index in [1.54, 1.807) is 0 Å². The third-order valence-corrected chi connectivity index (χ3v) is 2.54. The SMILES string of the molecule is CCC(C)Nc1cc(NCC(C)C)nc(C)n1. The van der Waals surface area contributed by atoms with Crippen molar-refractivity contribution >= 4 is 11.6 Å². The van der Waals surface area contributed by atoms with Crippen molar-refractivity contribution in [3.63, 3.8) is 0 Å². The van der Waals surface area contributed by atoms with E-state index in [2.05, 4.69) is 48.3 Å². The van der Waals surface area contributed by atoms with E-state index in [4.69, 9.17) is 0 Å². The van der Waals surface area contributed by atoms with Crippen LogP contribution >= 0.6 is 0 Å². The highest BCUT2D eigenvalue weighted by atomic mass is 15.1. The second-order valence-corrected chi connectivity index (χ2v) is 4.91. The van der Waals surface area contributed by atoms with Gasteiger partial charge in [0.05, 0.1) is 0 Å². The van der Waals surface area contributed by atoms with E-state index in [0.29, 0.717) is 12.0 Å². The van der Waals surface area contributed by atoms with Crippen LogP contribution in [0.4, 0.5) is 11.6 Å². The van der Waals surface area contributed by atoms with E-state index >= 15 is 0 Å². The Morgan fingerprint density at radius 2 is 1.82 bits per heavy atom. The van der Waals surface area contributed by atoms with Crippen molar-refractivity contribution in [1.82, 2.24) is 9.97 Å². The van der Waals surface area contributed by atoms with E-state index in [0.717, 1.165) is 30.4 Å². The van der Waals surface area contributed by atoms with Crippen LogP contribution in [0.25, 0.3) is 0 Å². The molecule has 0 aliphatic rings. The molecule has 0 amide bonds. The summed E-state index contributed by atoms with van der Waals surface area (Å²) >= 11 is 0. The molecular weight excluding hydrogens is 212 g/mol. The van der Waals surface area contributed by atoms with Gasteiger partial charge in [0.1, 0.15) is 17.5 Å². The standard InChI is InChI=1S/C13H24N4/c1-6-10(4)15-13-7-12(14-8-9(2)3)16-11(5)17-13/h7,9-10H,6,8H2,1-5H3,(H2,14,15,16,17). The van der Waals surface area contributed by atoms with Crippen molar-refractivity contribution in [1.29, 1.82) is 0 Å². The molecule has 96 valence electrons. The Morgan fingerprint density at radius 3 is 2.41 bits per heavy atom. The number of aromatic nitrogens is 2. The molecule has 1 rings (SSSR count). The van der Waals surface area contributed by atoms with E-state index in [-0.39, 0.29) is 0 Å². The second kappa shape index (κ2) is 6.42. The van der Waals surface area contributed by atoms with Gasteiger partial charge in [-0.2, -0.15) is 0 Å². The van der Waals surface area contributed by atoms with Gasteiger partial charge in [0.2, 0.25) is 0 Å². The van der Waals surface area contributed by atoms with Gasteiger partial charge in [-0.3, -0.25) is 0 Å². The third kappa shape index (κ3) is 5.02. The molecule has 0 bridgehead atoms. The van der Waals surface area contributed by atoms with Crippen LogP contribution in [0.5, 0.6) is 0 Å². The maximum absolute atomic E-state index is 4.39. The summed E-state index contributed by atoms with van der Waals surface area (Å²) in [6.45, 7) is 11.5. The van der Waals surface area contributed by atoms with Gasteiger partial charge in [0.15, 0.2) is 0 Å². The zero-order valence-electron chi connectivity index (χ0n) is 11.5. The van der Waals surface area contributed by atoms with Crippen LogP contribution in [-0.4, -0.2) is 22.6 Å². The van der Waals surface area contributed by atoms with Gasteiger partial charge in [0.25, 0.3) is 0 Å². The lowest BCUT2D eigenvalue weighted by Gasteiger charge is -2.14. The van der Waals surface area contributed by atoms with E-state index in [1.807, 2.05) is 13.0 Å². The van der Waals surface area contributed by atoms with Crippen LogP contribution in [0.2, 0.25) is 0 Å². The van der Waals surface area contributed by atoms with Gasteiger partial charge >= 0.3 is 0 Å². The normalized spacial score (nSPS) is 12.6. The average Bonchev–Trinajstić information content (AvgIpc) is 2.25. The molecule has 0 fully saturated rings. The zero-order chi connectivity index (χ0) is 12.8. The molecule has 0 saturated carbocycles. The van der Waals surface area contributed by atoms with Crippen LogP contribution in [-0.2, 0) is 0 Å². The molecule has 1 unspecified atom stereocenters. The van der Waals surface area contributed by atoms with Crippen molar-refractivity contribution in [2.75, 3.05) is 17.2 Å². The maximum Gasteiger partial charge on any atom is 0.132 e. The summed E-state index contributed by atoms with van der Waals surface area (Å²) in [5, 5.41) is 6.69. The summed E-state index contributed by atoms with van der Waals surface area (Å²) in [5.74, 6) is 3.20. The number of hydrogen-bond donors (Lipinski definition) is 2. The van der Waals surface area contributed by atoms with Crippen LogP contribution in [0.1, 0.15) is 39.9 Å². The van der Waals surface area contributed by atoms with Crippen molar-refractivity contribution in [2.24, 2.45) is 5.92 Å². The van der Waals surface area contributed by atoms with Crippen LogP contribution < -0.4 is 10.6 Å². The van der Waals surface area contributed by atoms with Gasteiger partial charge in [-0.15, -0.1) is 0 Å². The third-order valence-electron chi connectivity index (χ3n) is 2.54. The zero-order valence-corrected chi connectivity index (χ0v) is 11.5. The average molecular weight is 236 g/mol. The molecule has 0 saturated heterocycles. The Bertz CT molecular complexity index is 349. The number of anilines is 2. The molecule has 1 aromatic rings. The lowest BCUT2D eigenvalue weighted by atomic mass is 10.2. The summed E-state index contributed by atoms with van der Waals surface area (Å²) < 4.78 is 0. The highest BCUT2D eigenvalue weighted by molar-refractivity contribution is 5.47. The fourth-order valence-electron chi connectivity index (χ4n) is 1.40. The number of hydrogen-bond acceptors (Lipinski definition) is 4. The molecule has 4 heteroatoms. The molecule has 0 radical (unpaired) electrons. The minimum absolute atomic E-state index is 0.433. The van der Waals surface area contributed by atoms with Crippen molar-refractivity contribution in [2.45, 2.75) is 47.1 Å². The molecule has 0 spiro atoms. The van der Waals surface area contributed by atoms with E-state index in [9.17, 15) is 0 Å². The summed E-state index contributed by atoms with van der Waals surface area (Å²) in [5.41, 5.74) is 0. The Balaban J connectivity index is 2.72. The molecule has 1 aromatic heterocycles. The second-order valence-electron chi connectivity index (χ2n) is 4.91. The van der Waals surface area contributed by atoms with Gasteiger partial charge < -0.3 is 10.6 Å². The minimum atomic E-state index is 0.433. The first-order valence-corrected chi connectivity index (χ1v) is 6.37. The molecule has 0 aromatic carbocycles. The van der Waals surface area contributed by atoms with E-state index < -0.39 is 0 Å². The predicted molar refractivity (Wildman–Crippen MR) is 73.5 cm³/mol. The van der Waals surface area contributed by atoms with Gasteiger partial charge in [-0.1, -0.05) is 20.8 Å². The van der Waals surface area contributed by atoms with Crippen molar-refractivity contribution in [3.05, 3.63) is 11.9 Å². The molecule has 2 N–H and O–H groups in total. The monoisotopic (exact) mass is 236 g/mol. The predicted octanol–water partition coefficient (Wildman–Crippen LogP) is 3.06. The molecule has 1 atom stereocenters. The van der Waals surface area contributed by atoms with Gasteiger partial charge in [-0.05, 0) is 26.2 Å². The maximum atomic E-state index is 4.39. The Hall–Kier alpha value is -1.32. The van der Waals surface area contributed by atoms with Crippen molar-refractivity contribution in [3.8, 4) is 0 Å². The molecule has 1 heterocycles. The van der Waals surface area contributed by atoms with Gasteiger partial charge in [-0.25, -0.2) is 9.97 Å². The highest BCUT2D eigenvalue weighted by Crippen LogP contribution is 2.13. The first-order chi connectivity index (χ1) is 8.01. The Labute approximate surface area is 104 Å². The smallest absolute Gasteiger partial charge is 0.132 e. The summed E-state index contributed by atoms with van der Waals surface area (Å²) in [7, 11) is 0. The highest BCUT2D eigenvalue weighted by Gasteiger charge is 2.04. The lowest BCUT2D eigenvalue weighted by Crippen LogP contribution is -2.16. The lowest BCUT2D eigenvalue weighted by molar-refractivity contribution is 0.686. The quantitative estimate of drug-likeness (QED) is 0.797.